The van der Waals surface area contributed by atoms with Crippen LogP contribution in [-0.4, -0.2) is 0 Å². The minimum atomic E-state index is -0.193. The zero-order valence-corrected chi connectivity index (χ0v) is 9.42. The average Bonchev–Trinajstić information content (AvgIpc) is 1.91. The molecule has 3 heteroatoms. The summed E-state index contributed by atoms with van der Waals surface area (Å²) in [7, 11) is 4.76. The maximum absolute atomic E-state index is 12.1. The number of hydrogen-bond donors (Lipinski definition) is 0. The summed E-state index contributed by atoms with van der Waals surface area (Å²) < 4.78 is 12.1. The Morgan fingerprint density at radius 1 is 1.60 bits per heavy atom. The number of halogens is 2. The maximum atomic E-state index is 12.1. The van der Waals surface area contributed by atoms with Crippen molar-refractivity contribution in [3.63, 3.8) is 0 Å². The Morgan fingerprint density at radius 2 is 2.20 bits per heavy atom. The fourth-order valence-corrected chi connectivity index (χ4v) is 0.549. The number of hydrogen-bond acceptors (Lipinski definition) is 0. The zero-order valence-electron chi connectivity index (χ0n) is 5.70. The summed E-state index contributed by atoms with van der Waals surface area (Å²) in [6.45, 7) is 1.81. The van der Waals surface area contributed by atoms with E-state index < -0.39 is 0 Å². The molecule has 50 valence electrons. The normalized spacial score (nSPS) is 8.10. The predicted octanol–water partition coefficient (Wildman–Crippen LogP) is 2.62. The van der Waals surface area contributed by atoms with Crippen molar-refractivity contribution in [1.82, 2.24) is 0 Å². The Hall–Kier alpha value is 0.0634. The molecule has 0 saturated heterocycles. The van der Waals surface area contributed by atoms with E-state index in [4.69, 9.17) is 9.69 Å². The molecule has 0 nitrogen and oxygen atoms in total. The Balaban J connectivity index is 0.000000371. The van der Waals surface area contributed by atoms with Gasteiger partial charge in [-0.15, -0.1) is 12.1 Å². The summed E-state index contributed by atoms with van der Waals surface area (Å²) in [5.74, 6) is -0.193. The second-order valence-corrected chi connectivity index (χ2v) is 1.69. The molecule has 10 heavy (non-hydrogen) atoms. The minimum absolute atomic E-state index is 0.193. The third kappa shape index (κ3) is 3.97. The van der Waals surface area contributed by atoms with E-state index in [0.717, 1.165) is 22.9 Å². The number of rotatable bonds is 0. The van der Waals surface area contributed by atoms with Crippen LogP contribution in [0.15, 0.2) is 18.2 Å². The van der Waals surface area contributed by atoms with Crippen LogP contribution in [0, 0.1) is 18.8 Å². The Morgan fingerprint density at radius 3 is 2.50 bits per heavy atom. The van der Waals surface area contributed by atoms with Crippen LogP contribution in [0.5, 0.6) is 0 Å². The molecular formula is C7H6ClFZn. The molecule has 0 aliphatic heterocycles. The zero-order chi connectivity index (χ0) is 7.98. The third-order valence-electron chi connectivity index (χ3n) is 0.908. The predicted molar refractivity (Wildman–Crippen MR) is 35.8 cm³/mol. The Bertz CT molecular complexity index is 173. The van der Waals surface area contributed by atoms with E-state index in [2.05, 4.69) is 6.07 Å². The first-order chi connectivity index (χ1) is 4.79. The molecule has 0 aliphatic carbocycles. The second kappa shape index (κ2) is 5.82. The van der Waals surface area contributed by atoms with Crippen molar-refractivity contribution in [2.24, 2.45) is 0 Å². The van der Waals surface area contributed by atoms with Crippen LogP contribution >= 0.6 is 9.69 Å². The van der Waals surface area contributed by atoms with Crippen LogP contribution in [0.2, 0.25) is 0 Å². The van der Waals surface area contributed by atoms with E-state index in [9.17, 15) is 4.39 Å². The van der Waals surface area contributed by atoms with E-state index >= 15 is 0 Å². The first kappa shape index (κ1) is 10.1. The van der Waals surface area contributed by atoms with Gasteiger partial charge in [-0.1, -0.05) is 6.92 Å². The van der Waals surface area contributed by atoms with E-state index in [-0.39, 0.29) is 5.82 Å². The first-order valence-electron chi connectivity index (χ1n) is 2.69. The molecule has 0 fully saturated rings. The van der Waals surface area contributed by atoms with Gasteiger partial charge in [-0.3, -0.25) is 0 Å². The van der Waals surface area contributed by atoms with E-state index in [0.29, 0.717) is 0 Å². The van der Waals surface area contributed by atoms with Crippen LogP contribution in [0.25, 0.3) is 0 Å². The molecule has 1 aromatic rings. The summed E-state index contributed by atoms with van der Waals surface area (Å²) >= 11 is 0.847. The van der Waals surface area contributed by atoms with Gasteiger partial charge in [0.1, 0.15) is 0 Å². The molecule has 0 atom stereocenters. The molecule has 0 amide bonds. The molecule has 0 unspecified atom stereocenters. The fourth-order valence-electron chi connectivity index (χ4n) is 0.549. The summed E-state index contributed by atoms with van der Waals surface area (Å²) in [6.07, 6.45) is 0. The SMILES string of the molecule is Cc1[c-]ccc(F)c1.[Cl][Zn+]. The van der Waals surface area contributed by atoms with Gasteiger partial charge in [0.25, 0.3) is 0 Å². The topological polar surface area (TPSA) is 0 Å². The van der Waals surface area contributed by atoms with Gasteiger partial charge in [-0.2, -0.15) is 17.7 Å². The number of aryl methyl sites for hydroxylation is 1. The summed E-state index contributed by atoms with van der Waals surface area (Å²) in [5, 5.41) is 0. The van der Waals surface area contributed by atoms with Gasteiger partial charge in [-0.25, -0.2) is 4.39 Å². The van der Waals surface area contributed by atoms with Crippen molar-refractivity contribution >= 4 is 9.69 Å². The quantitative estimate of drug-likeness (QED) is 0.456. The average molecular weight is 210 g/mol. The fraction of sp³-hybridized carbons (Fsp3) is 0.143. The molecule has 1 rings (SSSR count). The Kier molecular flexibility index (Phi) is 5.86. The van der Waals surface area contributed by atoms with Gasteiger partial charge < -0.3 is 0 Å². The summed E-state index contributed by atoms with van der Waals surface area (Å²) in [6, 6.07) is 7.23. The first-order valence-corrected chi connectivity index (χ1v) is 6.59. The van der Waals surface area contributed by atoms with E-state index in [1.165, 1.54) is 12.1 Å². The Labute approximate surface area is 74.1 Å². The standard InChI is InChI=1S/C7H6F.ClH.Zn/c1-6-3-2-4-7(8)5-6;;/h2,4-5H,1H3;1H;/q-1;;+2/p-1. The van der Waals surface area contributed by atoms with Gasteiger partial charge in [0.05, 0.1) is 0 Å². The van der Waals surface area contributed by atoms with Crippen molar-refractivity contribution in [3.05, 3.63) is 35.6 Å². The molecule has 0 aromatic heterocycles. The van der Waals surface area contributed by atoms with E-state index in [1.54, 1.807) is 6.07 Å². The summed E-state index contributed by atoms with van der Waals surface area (Å²) in [4.78, 5) is 0. The van der Waals surface area contributed by atoms with Crippen LogP contribution in [0.3, 0.4) is 0 Å². The molecule has 1 aromatic carbocycles. The summed E-state index contributed by atoms with van der Waals surface area (Å²) in [5.41, 5.74) is 0.838. The van der Waals surface area contributed by atoms with Crippen LogP contribution in [0.1, 0.15) is 5.56 Å². The second-order valence-electron chi connectivity index (χ2n) is 1.69. The molecule has 0 spiro atoms. The van der Waals surface area contributed by atoms with Crippen molar-refractivity contribution in [2.45, 2.75) is 6.92 Å². The molecule has 0 saturated carbocycles. The molecular weight excluding hydrogens is 204 g/mol. The molecule has 0 bridgehead atoms. The monoisotopic (exact) mass is 208 g/mol. The van der Waals surface area contributed by atoms with Crippen molar-refractivity contribution in [1.29, 1.82) is 0 Å². The van der Waals surface area contributed by atoms with Gasteiger partial charge in [0, 0.05) is 5.82 Å². The third-order valence-corrected chi connectivity index (χ3v) is 0.908. The number of benzene rings is 1. The molecule has 0 aliphatic rings. The van der Waals surface area contributed by atoms with Crippen molar-refractivity contribution in [3.8, 4) is 0 Å². The van der Waals surface area contributed by atoms with Gasteiger partial charge in [0.15, 0.2) is 0 Å². The van der Waals surface area contributed by atoms with Crippen LogP contribution < -0.4 is 0 Å². The molecule has 0 heterocycles. The molecule has 0 radical (unpaired) electrons. The van der Waals surface area contributed by atoms with Crippen LogP contribution in [0.4, 0.5) is 4.39 Å². The van der Waals surface area contributed by atoms with Gasteiger partial charge in [-0.05, 0) is 0 Å². The van der Waals surface area contributed by atoms with E-state index in [1.807, 2.05) is 6.92 Å². The van der Waals surface area contributed by atoms with Crippen LogP contribution in [-0.2, 0) is 17.3 Å². The molecule has 0 N–H and O–H groups in total. The van der Waals surface area contributed by atoms with Crippen molar-refractivity contribution < 1.29 is 21.7 Å². The van der Waals surface area contributed by atoms with Gasteiger partial charge >= 0.3 is 27.0 Å². The van der Waals surface area contributed by atoms with Gasteiger partial charge in [0.2, 0.25) is 0 Å². The van der Waals surface area contributed by atoms with Crippen molar-refractivity contribution in [2.75, 3.05) is 0 Å².